The molecule has 7 aromatic rings. The normalized spacial score (nSPS) is 13.5. The van der Waals surface area contributed by atoms with Crippen molar-refractivity contribution in [2.75, 3.05) is 46.9 Å². The Morgan fingerprint density at radius 2 is 1.18 bits per heavy atom. The Labute approximate surface area is 372 Å². The first-order valence-corrected chi connectivity index (χ1v) is 23.5. The molecule has 8 heterocycles. The SMILES string of the molecule is CC(=O)NCC(=O)N1CCCC1.CCC.CNC(C(=O)N1CCCC1)c1ccccc1.COC=O.c1ncc(-c2cc3sc(-c4cc5sc(-c6cnc[nH]6)cc5s4)cc3s2)[nH]1. The fourth-order valence-corrected chi connectivity index (χ4v) is 11.2. The van der Waals surface area contributed by atoms with Gasteiger partial charge in [-0.15, -0.1) is 45.3 Å². The lowest BCUT2D eigenvalue weighted by Crippen LogP contribution is -2.38. The van der Waals surface area contributed by atoms with Crippen LogP contribution in [0, 0.1) is 0 Å². The van der Waals surface area contributed by atoms with Gasteiger partial charge >= 0.3 is 0 Å². The van der Waals surface area contributed by atoms with Crippen LogP contribution >= 0.6 is 45.3 Å². The number of carbonyl (C=O) groups excluding carboxylic acids is 4. The molecule has 6 aromatic heterocycles. The number of aromatic nitrogens is 4. The zero-order valence-corrected chi connectivity index (χ0v) is 38.5. The summed E-state index contributed by atoms with van der Waals surface area (Å²) in [5.74, 6) is 0.0800. The van der Waals surface area contributed by atoms with E-state index in [0.29, 0.717) is 6.47 Å². The second-order valence-corrected chi connectivity index (χ2v) is 18.4. The molecule has 4 N–H and O–H groups in total. The minimum atomic E-state index is -0.195. The predicted molar refractivity (Wildman–Crippen MR) is 251 cm³/mol. The zero-order valence-electron chi connectivity index (χ0n) is 35.2. The molecule has 2 saturated heterocycles. The van der Waals surface area contributed by atoms with Gasteiger partial charge in [0.25, 0.3) is 6.47 Å². The summed E-state index contributed by atoms with van der Waals surface area (Å²) >= 11 is 7.36. The monoisotopic (exact) mass is 902 g/mol. The smallest absolute Gasteiger partial charge is 0.292 e. The highest BCUT2D eigenvalue weighted by Crippen LogP contribution is 2.46. The maximum atomic E-state index is 12.2. The van der Waals surface area contributed by atoms with E-state index in [2.05, 4.69) is 73.4 Å². The summed E-state index contributed by atoms with van der Waals surface area (Å²) in [6.45, 7) is 9.69. The maximum Gasteiger partial charge on any atom is 0.292 e. The number of imidazole rings is 2. The number of rotatable bonds is 9. The van der Waals surface area contributed by atoms with Gasteiger partial charge in [-0.05, 0) is 62.6 Å². The highest BCUT2D eigenvalue weighted by atomic mass is 32.1. The lowest BCUT2D eigenvalue weighted by Gasteiger charge is -2.23. The second-order valence-electron chi connectivity index (χ2n) is 14.0. The van der Waals surface area contributed by atoms with Crippen molar-refractivity contribution in [2.45, 2.75) is 58.9 Å². The van der Waals surface area contributed by atoms with Crippen LogP contribution in [0.4, 0.5) is 0 Å². The second kappa shape index (κ2) is 24.3. The number of likely N-dealkylation sites (tertiary alicyclic amines) is 2. The predicted octanol–water partition coefficient (Wildman–Crippen LogP) is 9.21. The van der Waals surface area contributed by atoms with Gasteiger partial charge in [0.2, 0.25) is 17.7 Å². The lowest BCUT2D eigenvalue weighted by molar-refractivity contribution is -0.132. The molecule has 1 aromatic carbocycles. The quantitative estimate of drug-likeness (QED) is 0.104. The first-order chi connectivity index (χ1) is 29.7. The number of thiophene rings is 4. The van der Waals surface area contributed by atoms with Crippen molar-refractivity contribution in [1.82, 2.24) is 40.4 Å². The molecule has 1 unspecified atom stereocenters. The van der Waals surface area contributed by atoms with E-state index < -0.39 is 0 Å². The number of aromatic amines is 2. The van der Waals surface area contributed by atoms with Crippen LogP contribution in [0.3, 0.4) is 0 Å². The summed E-state index contributed by atoms with van der Waals surface area (Å²) in [6.07, 6.45) is 12.9. The summed E-state index contributed by atoms with van der Waals surface area (Å²) < 4.78 is 9.21. The van der Waals surface area contributed by atoms with Crippen molar-refractivity contribution >= 4 is 88.3 Å². The third-order valence-corrected chi connectivity index (χ3v) is 14.2. The summed E-state index contributed by atoms with van der Waals surface area (Å²) in [5, 5.41) is 5.60. The fraction of sp³-hybridized carbons (Fsp3) is 0.364. The Kier molecular flexibility index (Phi) is 18.7. The van der Waals surface area contributed by atoms with E-state index in [1.165, 1.54) is 58.8 Å². The van der Waals surface area contributed by atoms with Crippen LogP contribution in [0.2, 0.25) is 0 Å². The number of carbonyl (C=O) groups is 4. The molecule has 0 aliphatic carbocycles. The van der Waals surface area contributed by atoms with Crippen LogP contribution in [0.25, 0.3) is 49.7 Å². The molecule has 1 atom stereocenters. The zero-order chi connectivity index (χ0) is 43.6. The largest absolute Gasteiger partial charge is 0.471 e. The van der Waals surface area contributed by atoms with Crippen LogP contribution in [0.5, 0.6) is 0 Å². The first-order valence-electron chi connectivity index (χ1n) is 20.2. The van der Waals surface area contributed by atoms with E-state index in [4.69, 9.17) is 4.79 Å². The molecule has 13 nitrogen and oxygen atoms in total. The number of methoxy groups -OCH3 is 1. The number of hydrogen-bond donors (Lipinski definition) is 4. The van der Waals surface area contributed by atoms with Crippen molar-refractivity contribution < 1.29 is 23.9 Å². The molecule has 17 heteroatoms. The molecule has 0 spiro atoms. The number of likely N-dealkylation sites (N-methyl/N-ethyl adjacent to an activating group) is 1. The summed E-state index contributed by atoms with van der Waals surface area (Å²) in [5.41, 5.74) is 3.22. The molecule has 2 fully saturated rings. The van der Waals surface area contributed by atoms with E-state index >= 15 is 0 Å². The third kappa shape index (κ3) is 13.4. The van der Waals surface area contributed by atoms with Crippen LogP contribution in [-0.2, 0) is 23.9 Å². The van der Waals surface area contributed by atoms with Gasteiger partial charge in [-0.3, -0.25) is 19.2 Å². The number of amides is 3. The molecule has 61 heavy (non-hydrogen) atoms. The molecule has 324 valence electrons. The van der Waals surface area contributed by atoms with E-state index in [9.17, 15) is 14.4 Å². The first kappa shape index (κ1) is 46.9. The Bertz CT molecular complexity index is 2200. The number of H-pyrrole nitrogens is 2. The van der Waals surface area contributed by atoms with Gasteiger partial charge in [-0.2, -0.15) is 0 Å². The minimum Gasteiger partial charge on any atom is -0.471 e. The summed E-state index contributed by atoms with van der Waals surface area (Å²) in [4.78, 5) is 66.4. The molecule has 9 rings (SSSR count). The molecule has 0 bridgehead atoms. The highest BCUT2D eigenvalue weighted by molar-refractivity contribution is 7.35. The fourth-order valence-electron chi connectivity index (χ4n) is 6.44. The van der Waals surface area contributed by atoms with E-state index in [1.54, 1.807) is 17.6 Å². The van der Waals surface area contributed by atoms with Crippen molar-refractivity contribution in [1.29, 1.82) is 0 Å². The van der Waals surface area contributed by atoms with Gasteiger partial charge in [0.1, 0.15) is 6.04 Å². The van der Waals surface area contributed by atoms with Crippen LogP contribution < -0.4 is 10.6 Å². The molecule has 0 saturated carbocycles. The van der Waals surface area contributed by atoms with Crippen molar-refractivity contribution in [3.05, 3.63) is 85.2 Å². The summed E-state index contributed by atoms with van der Waals surface area (Å²) in [7, 11) is 3.15. The lowest BCUT2D eigenvalue weighted by atomic mass is 10.1. The number of fused-ring (bicyclic) bond motifs is 2. The van der Waals surface area contributed by atoms with Crippen LogP contribution in [-0.4, -0.2) is 101 Å². The van der Waals surface area contributed by atoms with Gasteiger partial charge in [0, 0.05) is 61.7 Å². The van der Waals surface area contributed by atoms with Gasteiger partial charge in [0.15, 0.2) is 0 Å². The summed E-state index contributed by atoms with van der Waals surface area (Å²) in [6, 6.07) is 18.8. The van der Waals surface area contributed by atoms with Crippen molar-refractivity contribution in [3.8, 4) is 30.9 Å². The van der Waals surface area contributed by atoms with Crippen LogP contribution in [0.15, 0.2) is 79.6 Å². The number of hydrogen-bond acceptors (Lipinski definition) is 12. The van der Waals surface area contributed by atoms with E-state index in [1.807, 2.05) is 100 Å². The van der Waals surface area contributed by atoms with Crippen molar-refractivity contribution in [3.63, 3.8) is 0 Å². The minimum absolute atomic E-state index is 0.0303. The average molecular weight is 903 g/mol. The topological polar surface area (TPSA) is 165 Å². The molecule has 3 amide bonds. The van der Waals surface area contributed by atoms with Crippen LogP contribution in [0.1, 0.15) is 64.5 Å². The standard InChI is InChI=1S/C18H10N4S4.C13H18N2O.C8H14N2O2.C3H8.C2H4O2/c1-11(9-5-19-7-21-9)23-15-3-17(25-13(1)15)18-4-16-14(26-18)2-12(24-16)10-6-20-8-22-10;1-14-12(11-7-3-2-4-8-11)13(16)15-9-5-6-10-15;1-7(11)9-6-8(12)10-4-2-3-5-10;1-3-2;1-4-2-3/h1-8H,(H,19,21)(H,20,22);2-4,7-8,12,14H,5-6,9-10H2,1H3;2-6H2,1H3,(H,9,11);3H2,1-2H3;2H,1H3. The van der Waals surface area contributed by atoms with Gasteiger partial charge in [-0.25, -0.2) is 9.97 Å². The number of benzene rings is 1. The molecular formula is C44H54N8O5S4. The van der Waals surface area contributed by atoms with E-state index in [-0.39, 0.29) is 30.3 Å². The molecule has 2 aliphatic heterocycles. The Hall–Kier alpha value is -5.20. The Morgan fingerprint density at radius 3 is 1.57 bits per heavy atom. The molecule has 0 radical (unpaired) electrons. The molecule has 2 aliphatic rings. The van der Waals surface area contributed by atoms with Gasteiger partial charge < -0.3 is 35.1 Å². The number of nitrogens with one attached hydrogen (secondary N) is 4. The van der Waals surface area contributed by atoms with Crippen molar-refractivity contribution in [2.24, 2.45) is 0 Å². The Balaban J connectivity index is 0.000000173. The Morgan fingerprint density at radius 1 is 0.754 bits per heavy atom. The third-order valence-electron chi connectivity index (χ3n) is 9.31. The number of ether oxygens (including phenoxy) is 1. The maximum absolute atomic E-state index is 12.2. The van der Waals surface area contributed by atoms with Gasteiger partial charge in [0.05, 0.1) is 59.8 Å². The van der Waals surface area contributed by atoms with Gasteiger partial charge in [-0.1, -0.05) is 50.6 Å². The molecular weight excluding hydrogens is 849 g/mol. The average Bonchev–Trinajstić information content (AvgIpc) is 4.11. The van der Waals surface area contributed by atoms with E-state index in [0.717, 1.165) is 68.8 Å². The highest BCUT2D eigenvalue weighted by Gasteiger charge is 2.26. The number of nitrogens with zero attached hydrogens (tertiary/aromatic N) is 4.